The van der Waals surface area contributed by atoms with Crippen LogP contribution in [0.15, 0.2) is 0 Å². The van der Waals surface area contributed by atoms with Gasteiger partial charge in [-0.25, -0.2) is 0 Å². The van der Waals surface area contributed by atoms with Gasteiger partial charge in [-0.2, -0.15) is 0 Å². The Morgan fingerprint density at radius 2 is 0.171 bits per heavy atom. The molecule has 0 aromatic heterocycles. The smallest absolute Gasteiger partial charge is 0.300 e. The summed E-state index contributed by atoms with van der Waals surface area (Å²) in [5.41, 5.74) is 161. The molecule has 0 saturated heterocycles. The first kappa shape index (κ1) is 125. The molecule has 56 heteroatoms. The summed E-state index contributed by atoms with van der Waals surface area (Å²) in [5.74, 6) is -6.83. The first-order valence-corrected chi connectivity index (χ1v) is 15.8. The molecular formula is C20H94N54O2. The van der Waals surface area contributed by atoms with Crippen LogP contribution >= 0.6 is 0 Å². The molecular weight excluding hydrogens is 1030 g/mol. The quantitative estimate of drug-likeness (QED) is 0.0791. The second-order valence-electron chi connectivity index (χ2n) is 8.72. The molecule has 0 saturated carbocycles. The predicted molar refractivity (Wildman–Crippen MR) is 303 cm³/mol. The number of carbonyl (C=O) groups is 1. The van der Waals surface area contributed by atoms with E-state index in [4.69, 9.17) is 107 Å². The van der Waals surface area contributed by atoms with Crippen LogP contribution in [0.5, 0.6) is 0 Å². The Labute approximate surface area is 433 Å². The van der Waals surface area contributed by atoms with Crippen molar-refractivity contribution in [3.05, 3.63) is 0 Å². The van der Waals surface area contributed by atoms with E-state index >= 15 is 0 Å². The van der Waals surface area contributed by atoms with Crippen LogP contribution in [0.2, 0.25) is 0 Å². The molecule has 0 radical (unpaired) electrons. The molecule has 76 heavy (non-hydrogen) atoms. The van der Waals surface area contributed by atoms with Crippen LogP contribution in [0.25, 0.3) is 0 Å². The molecule has 0 unspecified atom stereocenters. The maximum atomic E-state index is 9.00. The van der Waals surface area contributed by atoms with Gasteiger partial charge in [-0.05, 0) is 0 Å². The molecule has 0 aromatic carbocycles. The number of aliphatic carboxylic acids is 1. The van der Waals surface area contributed by atoms with Crippen LogP contribution in [0, 0.1) is 97.4 Å². The van der Waals surface area contributed by atoms with E-state index in [1.165, 1.54) is 0 Å². The lowest BCUT2D eigenvalue weighted by Gasteiger charge is -1.69. The van der Waals surface area contributed by atoms with Crippen molar-refractivity contribution in [2.24, 2.45) is 206 Å². The molecule has 0 aliphatic rings. The molecule has 0 bridgehead atoms. The summed E-state index contributed by atoms with van der Waals surface area (Å²) >= 11 is 0. The molecule has 0 amide bonds. The fourth-order valence-corrected chi connectivity index (χ4v) is 0. The van der Waals surface area contributed by atoms with E-state index in [0.29, 0.717) is 0 Å². The summed E-state index contributed by atoms with van der Waals surface area (Å²) in [7, 11) is 0. The molecule has 0 spiro atoms. The zero-order valence-electron chi connectivity index (χ0n) is 41.1. The van der Waals surface area contributed by atoms with E-state index in [-0.39, 0.29) is 107 Å². The van der Waals surface area contributed by atoms with Gasteiger partial charge in [-0.15, -0.1) is 0 Å². The number of carboxylic acid groups (broad SMARTS) is 1. The van der Waals surface area contributed by atoms with Crippen LogP contribution < -0.4 is 206 Å². The first-order chi connectivity index (χ1) is 32.9. The van der Waals surface area contributed by atoms with Gasteiger partial charge in [0.15, 0.2) is 107 Å². The summed E-state index contributed by atoms with van der Waals surface area (Å²) in [6.07, 6.45) is 0. The minimum Gasteiger partial charge on any atom is -0.481 e. The zero-order chi connectivity index (χ0) is 68.0. The third-order valence-electron chi connectivity index (χ3n) is 0. The molecule has 0 heterocycles. The number of nitrogens with one attached hydrogen (secondary N) is 18. The zero-order valence-corrected chi connectivity index (χ0v) is 41.1. The highest BCUT2D eigenvalue weighted by molar-refractivity contribution is 5.76. The Morgan fingerprint density at radius 1 is 0.171 bits per heavy atom. The number of guanidine groups is 18. The van der Waals surface area contributed by atoms with Gasteiger partial charge in [-0.3, -0.25) is 102 Å². The van der Waals surface area contributed by atoms with Gasteiger partial charge in [0.1, 0.15) is 0 Å². The highest BCUT2D eigenvalue weighted by atomic mass is 16.4. The van der Waals surface area contributed by atoms with Crippen molar-refractivity contribution in [3.8, 4) is 0 Å². The van der Waals surface area contributed by atoms with Gasteiger partial charge in [0, 0.05) is 6.92 Å². The average Bonchev–Trinajstić information content (AvgIpc) is 2.95. The van der Waals surface area contributed by atoms with Crippen LogP contribution in [-0.2, 0) is 4.79 Å². The van der Waals surface area contributed by atoms with Crippen molar-refractivity contribution < 1.29 is 9.90 Å². The fraction of sp³-hybridized carbons (Fsp3) is 0.0500. The van der Waals surface area contributed by atoms with Crippen molar-refractivity contribution in [1.82, 2.24) is 0 Å². The highest BCUT2D eigenvalue weighted by Crippen LogP contribution is 1.42. The second-order valence-corrected chi connectivity index (χ2v) is 8.72. The lowest BCUT2D eigenvalue weighted by molar-refractivity contribution is -0.134. The van der Waals surface area contributed by atoms with Crippen LogP contribution in [0.4, 0.5) is 0 Å². The van der Waals surface area contributed by atoms with Crippen molar-refractivity contribution in [3.63, 3.8) is 0 Å². The Balaban J connectivity index is -0.0000000265. The summed E-state index contributed by atoms with van der Waals surface area (Å²) in [6, 6.07) is 0. The molecule has 56 nitrogen and oxygen atoms in total. The standard InChI is InChI=1S/C2H4O2.18CH5N3/c1-2(3)4;18*2-1(3)4/h1H3,(H,3,4);18*(H5,2,3,4). The van der Waals surface area contributed by atoms with Crippen molar-refractivity contribution >= 4 is 113 Å². The average molecular weight is 1120 g/mol. The SMILES string of the molecule is CC(=O)O.N=C(N)N.N=C(N)N.N=C(N)N.N=C(N)N.N=C(N)N.N=C(N)N.N=C(N)N.N=C(N)N.N=C(N)N.N=C(N)N.N=C(N)N.N=C(N)N.N=C(N)N.N=C(N)N.N=C(N)N.N=C(N)N.N=C(N)N.N=C(N)N. The summed E-state index contributed by atoms with van der Waals surface area (Å²) < 4.78 is 0. The lowest BCUT2D eigenvalue weighted by atomic mass is 10.9. The topological polar surface area (TPSA) is 1400 Å². The Bertz CT molecular complexity index is 997. The molecule has 456 valence electrons. The predicted octanol–water partition coefficient (Wildman–Crippen LogP) is -20.8. The number of rotatable bonds is 0. The van der Waals surface area contributed by atoms with Crippen LogP contribution in [0.3, 0.4) is 0 Å². The van der Waals surface area contributed by atoms with Crippen molar-refractivity contribution in [2.75, 3.05) is 0 Å². The van der Waals surface area contributed by atoms with Crippen LogP contribution in [-0.4, -0.2) is 118 Å². The lowest BCUT2D eigenvalue weighted by Crippen LogP contribution is -2.20. The fourth-order valence-electron chi connectivity index (χ4n) is 0. The minimum atomic E-state index is -0.833. The number of hydrogen-bond acceptors (Lipinski definition) is 19. The van der Waals surface area contributed by atoms with Crippen LogP contribution in [0.1, 0.15) is 6.92 Å². The molecule has 0 aliphatic carbocycles. The van der Waals surface area contributed by atoms with Crippen molar-refractivity contribution in [1.29, 1.82) is 97.4 Å². The summed E-state index contributed by atoms with van der Waals surface area (Å²) in [4.78, 5) is 9.00. The normalized spacial score (nSPS) is 6.01. The summed E-state index contributed by atoms with van der Waals surface area (Å²) in [5, 5.41) is 116. The third-order valence-corrected chi connectivity index (χ3v) is 0. The molecule has 0 aromatic rings. The van der Waals surface area contributed by atoms with E-state index in [0.717, 1.165) is 6.92 Å². The van der Waals surface area contributed by atoms with E-state index in [2.05, 4.69) is 206 Å². The largest absolute Gasteiger partial charge is 0.481 e. The third kappa shape index (κ3) is 1140. The summed E-state index contributed by atoms with van der Waals surface area (Å²) in [6.45, 7) is 1.08. The van der Waals surface area contributed by atoms with Gasteiger partial charge in [0.05, 0.1) is 0 Å². The number of carboxylic acids is 1. The molecule has 0 rings (SSSR count). The van der Waals surface area contributed by atoms with Gasteiger partial charge < -0.3 is 212 Å². The van der Waals surface area contributed by atoms with E-state index in [1.807, 2.05) is 0 Å². The highest BCUT2D eigenvalue weighted by Gasteiger charge is 1.65. The Hall–Kier alpha value is -13.7. The Morgan fingerprint density at radius 3 is 0.171 bits per heavy atom. The van der Waals surface area contributed by atoms with E-state index in [9.17, 15) is 0 Å². The maximum Gasteiger partial charge on any atom is 0.300 e. The first-order valence-electron chi connectivity index (χ1n) is 15.8. The van der Waals surface area contributed by atoms with Gasteiger partial charge in [-0.1, -0.05) is 0 Å². The number of hydrogen-bond donors (Lipinski definition) is 55. The van der Waals surface area contributed by atoms with Gasteiger partial charge in [0.25, 0.3) is 5.97 Å². The Kier molecular flexibility index (Phi) is 195. The molecule has 0 fully saturated rings. The van der Waals surface area contributed by atoms with Crippen molar-refractivity contribution in [2.45, 2.75) is 6.92 Å². The number of nitrogens with two attached hydrogens (primary N) is 36. The molecule has 91 N–H and O–H groups in total. The second kappa shape index (κ2) is 119. The van der Waals surface area contributed by atoms with E-state index < -0.39 is 5.97 Å². The monoisotopic (exact) mass is 1120 g/mol. The van der Waals surface area contributed by atoms with Gasteiger partial charge >= 0.3 is 0 Å². The van der Waals surface area contributed by atoms with Gasteiger partial charge in [0.2, 0.25) is 0 Å². The molecule has 0 atom stereocenters. The van der Waals surface area contributed by atoms with E-state index in [1.54, 1.807) is 0 Å². The maximum absolute atomic E-state index is 9.00. The minimum absolute atomic E-state index is 0.333. The molecule has 0 aliphatic heterocycles.